The van der Waals surface area contributed by atoms with E-state index in [0.717, 1.165) is 5.56 Å². The Kier molecular flexibility index (Phi) is 6.37. The molecule has 0 spiro atoms. The van der Waals surface area contributed by atoms with Crippen molar-refractivity contribution < 1.29 is 14.3 Å². The lowest BCUT2D eigenvalue weighted by Gasteiger charge is -2.23. The summed E-state index contributed by atoms with van der Waals surface area (Å²) in [6.45, 7) is 2.26. The molecule has 2 rings (SSSR count). The summed E-state index contributed by atoms with van der Waals surface area (Å²) < 4.78 is 5.29. The number of carbonyl (C=O) groups excluding carboxylic acids is 2. The summed E-state index contributed by atoms with van der Waals surface area (Å²) in [7, 11) is 1.56. The molecule has 126 valence electrons. The maximum atomic E-state index is 12.0. The predicted molar refractivity (Wildman–Crippen MR) is 93.9 cm³/mol. The van der Waals surface area contributed by atoms with Crippen molar-refractivity contribution in [2.45, 2.75) is 19.9 Å². The highest BCUT2D eigenvalue weighted by Gasteiger charge is 2.16. The Hall–Kier alpha value is -2.82. The molecule has 0 aliphatic carbocycles. The van der Waals surface area contributed by atoms with Crippen LogP contribution in [0.1, 0.15) is 18.9 Å². The van der Waals surface area contributed by atoms with E-state index in [0.29, 0.717) is 24.5 Å². The fraction of sp³-hybridized carbons (Fsp3) is 0.263. The van der Waals surface area contributed by atoms with E-state index in [4.69, 9.17) is 4.74 Å². The molecule has 24 heavy (non-hydrogen) atoms. The van der Waals surface area contributed by atoms with E-state index in [1.54, 1.807) is 18.1 Å². The molecule has 2 aromatic carbocycles. The first kappa shape index (κ1) is 17.5. The topological polar surface area (TPSA) is 58.6 Å². The van der Waals surface area contributed by atoms with Crippen LogP contribution in [0.2, 0.25) is 0 Å². The van der Waals surface area contributed by atoms with Crippen molar-refractivity contribution in [1.29, 1.82) is 0 Å². The zero-order valence-electron chi connectivity index (χ0n) is 14.0. The third-order valence-electron chi connectivity index (χ3n) is 3.65. The number of rotatable bonds is 7. The number of hydrogen-bond donors (Lipinski definition) is 1. The molecule has 0 aromatic heterocycles. The van der Waals surface area contributed by atoms with Gasteiger partial charge in [0, 0.05) is 26.4 Å². The van der Waals surface area contributed by atoms with Gasteiger partial charge in [0.2, 0.25) is 11.8 Å². The Morgan fingerprint density at radius 1 is 1.04 bits per heavy atom. The molecular weight excluding hydrogens is 304 g/mol. The van der Waals surface area contributed by atoms with Crippen molar-refractivity contribution in [3.05, 3.63) is 60.2 Å². The number of hydrogen-bond acceptors (Lipinski definition) is 3. The Bertz CT molecular complexity index is 686. The van der Waals surface area contributed by atoms with Gasteiger partial charge in [-0.1, -0.05) is 42.5 Å². The van der Waals surface area contributed by atoms with E-state index in [1.165, 1.54) is 6.92 Å². The van der Waals surface area contributed by atoms with E-state index in [-0.39, 0.29) is 18.2 Å². The lowest BCUT2D eigenvalue weighted by atomic mass is 10.2. The van der Waals surface area contributed by atoms with Crippen molar-refractivity contribution >= 4 is 17.5 Å². The highest BCUT2D eigenvalue weighted by Crippen LogP contribution is 2.27. The van der Waals surface area contributed by atoms with Crippen LogP contribution in [0.5, 0.6) is 5.75 Å². The van der Waals surface area contributed by atoms with Crippen molar-refractivity contribution in [3.8, 4) is 5.75 Å². The average Bonchev–Trinajstić information content (AvgIpc) is 2.61. The van der Waals surface area contributed by atoms with Gasteiger partial charge in [0.25, 0.3) is 0 Å². The number of benzene rings is 2. The van der Waals surface area contributed by atoms with E-state index in [2.05, 4.69) is 5.32 Å². The Morgan fingerprint density at radius 2 is 1.71 bits per heavy atom. The molecule has 0 unspecified atom stereocenters. The molecule has 0 atom stereocenters. The molecule has 0 aliphatic rings. The molecule has 0 aliphatic heterocycles. The third-order valence-corrected chi connectivity index (χ3v) is 3.65. The van der Waals surface area contributed by atoms with Crippen LogP contribution in [0.4, 0.5) is 5.69 Å². The second kappa shape index (κ2) is 8.72. The van der Waals surface area contributed by atoms with Crippen LogP contribution >= 0.6 is 0 Å². The van der Waals surface area contributed by atoms with Gasteiger partial charge < -0.3 is 15.0 Å². The van der Waals surface area contributed by atoms with Crippen molar-refractivity contribution in [1.82, 2.24) is 5.32 Å². The van der Waals surface area contributed by atoms with Crippen LogP contribution in [0, 0.1) is 0 Å². The molecule has 0 heterocycles. The Balaban J connectivity index is 1.94. The van der Waals surface area contributed by atoms with Crippen molar-refractivity contribution in [2.75, 3.05) is 18.6 Å². The lowest BCUT2D eigenvalue weighted by molar-refractivity contribution is -0.121. The predicted octanol–water partition coefficient (Wildman–Crippen LogP) is 2.75. The summed E-state index contributed by atoms with van der Waals surface area (Å²) in [6, 6.07) is 17.0. The summed E-state index contributed by atoms with van der Waals surface area (Å²) in [4.78, 5) is 25.5. The first-order valence-corrected chi connectivity index (χ1v) is 7.83. The van der Waals surface area contributed by atoms with Crippen molar-refractivity contribution in [3.63, 3.8) is 0 Å². The SMILES string of the molecule is COc1ccccc1N(CCC(=O)NCc1ccccc1)C(C)=O. The number of nitrogens with zero attached hydrogens (tertiary/aromatic N) is 1. The summed E-state index contributed by atoms with van der Waals surface area (Å²) in [5.41, 5.74) is 1.71. The minimum absolute atomic E-state index is 0.0972. The van der Waals surface area contributed by atoms with Crippen molar-refractivity contribution in [2.24, 2.45) is 0 Å². The van der Waals surface area contributed by atoms with Crippen LogP contribution in [-0.4, -0.2) is 25.5 Å². The summed E-state index contributed by atoms with van der Waals surface area (Å²) in [5, 5.41) is 2.87. The third kappa shape index (κ3) is 4.84. The number of anilines is 1. The smallest absolute Gasteiger partial charge is 0.223 e. The van der Waals surface area contributed by atoms with Crippen LogP contribution in [0.3, 0.4) is 0 Å². The molecular formula is C19H22N2O3. The number of amides is 2. The number of carbonyl (C=O) groups is 2. The van der Waals surface area contributed by atoms with Gasteiger partial charge in [-0.05, 0) is 17.7 Å². The molecule has 0 radical (unpaired) electrons. The van der Waals surface area contributed by atoms with E-state index in [1.807, 2.05) is 48.5 Å². The monoisotopic (exact) mass is 326 g/mol. The van der Waals surface area contributed by atoms with Gasteiger partial charge in [0.15, 0.2) is 0 Å². The second-order valence-electron chi connectivity index (χ2n) is 5.35. The molecule has 0 saturated heterocycles. The van der Waals surface area contributed by atoms with Gasteiger partial charge >= 0.3 is 0 Å². The van der Waals surface area contributed by atoms with Gasteiger partial charge in [-0.25, -0.2) is 0 Å². The van der Waals surface area contributed by atoms with Gasteiger partial charge in [-0.3, -0.25) is 9.59 Å². The molecule has 0 saturated carbocycles. The summed E-state index contributed by atoms with van der Waals surface area (Å²) in [5.74, 6) is 0.382. The zero-order chi connectivity index (χ0) is 17.4. The molecule has 0 bridgehead atoms. The van der Waals surface area contributed by atoms with Crippen LogP contribution < -0.4 is 15.0 Å². The summed E-state index contributed by atoms with van der Waals surface area (Å²) in [6.07, 6.45) is 0.227. The highest BCUT2D eigenvalue weighted by atomic mass is 16.5. The quantitative estimate of drug-likeness (QED) is 0.851. The van der Waals surface area contributed by atoms with Crippen LogP contribution in [0.25, 0.3) is 0 Å². The van der Waals surface area contributed by atoms with E-state index < -0.39 is 0 Å². The minimum Gasteiger partial charge on any atom is -0.495 e. The standard InChI is InChI=1S/C19H22N2O3/c1-15(22)21(17-10-6-7-11-18(17)24-2)13-12-19(23)20-14-16-8-4-3-5-9-16/h3-11H,12-14H2,1-2H3,(H,20,23). The fourth-order valence-electron chi connectivity index (χ4n) is 2.40. The lowest BCUT2D eigenvalue weighted by Crippen LogP contribution is -2.34. The maximum absolute atomic E-state index is 12.0. The first-order valence-electron chi connectivity index (χ1n) is 7.83. The molecule has 0 fully saturated rings. The number of ether oxygens (including phenoxy) is 1. The fourth-order valence-corrected chi connectivity index (χ4v) is 2.40. The summed E-state index contributed by atoms with van der Waals surface area (Å²) >= 11 is 0. The second-order valence-corrected chi connectivity index (χ2v) is 5.35. The maximum Gasteiger partial charge on any atom is 0.223 e. The Morgan fingerprint density at radius 3 is 2.38 bits per heavy atom. The molecule has 1 N–H and O–H groups in total. The van der Waals surface area contributed by atoms with E-state index in [9.17, 15) is 9.59 Å². The molecule has 2 amide bonds. The van der Waals surface area contributed by atoms with Gasteiger partial charge in [-0.2, -0.15) is 0 Å². The van der Waals surface area contributed by atoms with Crippen LogP contribution in [0.15, 0.2) is 54.6 Å². The van der Waals surface area contributed by atoms with Gasteiger partial charge in [-0.15, -0.1) is 0 Å². The minimum atomic E-state index is -0.129. The normalized spacial score (nSPS) is 10.1. The number of para-hydroxylation sites is 2. The van der Waals surface area contributed by atoms with E-state index >= 15 is 0 Å². The van der Waals surface area contributed by atoms with Gasteiger partial charge in [0.05, 0.1) is 12.8 Å². The molecule has 2 aromatic rings. The van der Waals surface area contributed by atoms with Gasteiger partial charge in [0.1, 0.15) is 5.75 Å². The average molecular weight is 326 g/mol. The Labute approximate surface area is 142 Å². The van der Waals surface area contributed by atoms with Crippen LogP contribution in [-0.2, 0) is 16.1 Å². The first-order chi connectivity index (χ1) is 11.6. The molecule has 5 heteroatoms. The largest absolute Gasteiger partial charge is 0.495 e. The number of methoxy groups -OCH3 is 1. The zero-order valence-corrected chi connectivity index (χ0v) is 14.0. The molecule has 5 nitrogen and oxygen atoms in total. The number of nitrogens with one attached hydrogen (secondary N) is 1. The highest BCUT2D eigenvalue weighted by molar-refractivity contribution is 5.93.